The summed E-state index contributed by atoms with van der Waals surface area (Å²) in [5.74, 6) is 0. The lowest BCUT2D eigenvalue weighted by Gasteiger charge is -2.07. The molecule has 2 rings (SSSR count). The van der Waals surface area contributed by atoms with Crippen molar-refractivity contribution in [2.75, 3.05) is 0 Å². The smallest absolute Gasteiger partial charge is 0.0727 e. The Labute approximate surface area is 121 Å². The fourth-order valence-corrected chi connectivity index (χ4v) is 2.21. The Bertz CT molecular complexity index is 570. The second kappa shape index (κ2) is 7.06. The third-order valence-corrected chi connectivity index (χ3v) is 3.50. The van der Waals surface area contributed by atoms with Crippen molar-refractivity contribution in [3.05, 3.63) is 76.9 Å². The van der Waals surface area contributed by atoms with Crippen molar-refractivity contribution in [2.45, 2.75) is 32.8 Å². The maximum Gasteiger partial charge on any atom is 0.0727 e. The largest absolute Gasteiger partial charge is 0.389 e. The molecule has 104 valence electrons. The molecule has 0 aliphatic heterocycles. The van der Waals surface area contributed by atoms with E-state index in [1.807, 2.05) is 30.4 Å². The number of hydrogen-bond acceptors (Lipinski definition) is 1. The van der Waals surface area contributed by atoms with Gasteiger partial charge in [0.05, 0.1) is 6.10 Å². The molecule has 0 fully saturated rings. The quantitative estimate of drug-likeness (QED) is 0.855. The molecule has 0 saturated carbocycles. The van der Waals surface area contributed by atoms with Crippen LogP contribution < -0.4 is 0 Å². The van der Waals surface area contributed by atoms with E-state index in [4.69, 9.17) is 0 Å². The van der Waals surface area contributed by atoms with E-state index in [-0.39, 0.29) is 0 Å². The Morgan fingerprint density at radius 1 is 1.05 bits per heavy atom. The van der Waals surface area contributed by atoms with E-state index in [0.29, 0.717) is 0 Å². The fraction of sp³-hybridized carbons (Fsp3) is 0.263. The van der Waals surface area contributed by atoms with Gasteiger partial charge in [-0.05, 0) is 43.4 Å². The molecule has 0 aliphatic rings. The lowest BCUT2D eigenvalue weighted by atomic mass is 10.0. The van der Waals surface area contributed by atoms with Gasteiger partial charge in [-0.15, -0.1) is 0 Å². The van der Waals surface area contributed by atoms with Crippen LogP contribution in [0.1, 0.15) is 28.7 Å². The average Bonchev–Trinajstić information content (AvgIpc) is 2.47. The molecule has 20 heavy (non-hydrogen) atoms. The predicted octanol–water partition coefficient (Wildman–Crippen LogP) is 4.31. The van der Waals surface area contributed by atoms with Crippen molar-refractivity contribution < 1.29 is 5.11 Å². The van der Waals surface area contributed by atoms with Crippen molar-refractivity contribution in [1.29, 1.82) is 0 Å². The van der Waals surface area contributed by atoms with Gasteiger partial charge in [-0.25, -0.2) is 0 Å². The van der Waals surface area contributed by atoms with Gasteiger partial charge in [-0.1, -0.05) is 66.2 Å². The summed E-state index contributed by atoms with van der Waals surface area (Å²) in [6.07, 6.45) is 5.18. The van der Waals surface area contributed by atoms with Crippen LogP contribution in [0.5, 0.6) is 0 Å². The molecule has 1 nitrogen and oxygen atoms in total. The Morgan fingerprint density at radius 2 is 1.80 bits per heavy atom. The molecule has 0 spiro atoms. The summed E-state index contributed by atoms with van der Waals surface area (Å²) in [6, 6.07) is 16.7. The molecule has 0 aliphatic carbocycles. The number of aryl methyl sites for hydroxylation is 3. The molecule has 2 aromatic rings. The molecule has 0 radical (unpaired) electrons. The minimum Gasteiger partial charge on any atom is -0.389 e. The molecule has 0 aromatic heterocycles. The highest BCUT2D eigenvalue weighted by molar-refractivity contribution is 5.55. The van der Waals surface area contributed by atoms with Crippen LogP contribution in [-0.2, 0) is 6.42 Å². The molecule has 0 bridgehead atoms. The minimum absolute atomic E-state index is 0.393. The third-order valence-electron chi connectivity index (χ3n) is 3.50. The van der Waals surface area contributed by atoms with E-state index in [1.165, 1.54) is 22.3 Å². The average molecular weight is 266 g/mol. The van der Waals surface area contributed by atoms with E-state index < -0.39 is 6.10 Å². The van der Waals surface area contributed by atoms with Crippen molar-refractivity contribution in [2.24, 2.45) is 0 Å². The van der Waals surface area contributed by atoms with Gasteiger partial charge in [0, 0.05) is 0 Å². The number of aliphatic hydroxyl groups excluding tert-OH is 1. The van der Waals surface area contributed by atoms with Crippen LogP contribution in [0.4, 0.5) is 0 Å². The zero-order valence-corrected chi connectivity index (χ0v) is 12.2. The van der Waals surface area contributed by atoms with Gasteiger partial charge in [-0.3, -0.25) is 0 Å². The first-order valence-electron chi connectivity index (χ1n) is 7.12. The number of aliphatic hydroxyl groups is 1. The molecule has 0 heterocycles. The highest BCUT2D eigenvalue weighted by atomic mass is 16.3. The van der Waals surface area contributed by atoms with Crippen molar-refractivity contribution in [1.82, 2.24) is 0 Å². The Kier molecular flexibility index (Phi) is 5.14. The number of hydrogen-bond donors (Lipinski definition) is 1. The van der Waals surface area contributed by atoms with Crippen molar-refractivity contribution >= 4 is 6.08 Å². The van der Waals surface area contributed by atoms with E-state index in [2.05, 4.69) is 44.2 Å². The van der Waals surface area contributed by atoms with Gasteiger partial charge in [-0.2, -0.15) is 0 Å². The summed E-state index contributed by atoms with van der Waals surface area (Å²) < 4.78 is 0. The van der Waals surface area contributed by atoms with Crippen LogP contribution in [-0.4, -0.2) is 11.2 Å². The minimum atomic E-state index is -0.393. The molecule has 0 saturated heterocycles. The molecule has 0 amide bonds. The Hall–Kier alpha value is -1.86. The van der Waals surface area contributed by atoms with E-state index in [1.54, 1.807) is 0 Å². The van der Waals surface area contributed by atoms with Crippen LogP contribution in [0.2, 0.25) is 0 Å². The monoisotopic (exact) mass is 266 g/mol. The summed E-state index contributed by atoms with van der Waals surface area (Å²) in [6.45, 7) is 4.18. The highest BCUT2D eigenvalue weighted by Crippen LogP contribution is 2.13. The molecule has 2 aromatic carbocycles. The van der Waals surface area contributed by atoms with Crippen molar-refractivity contribution in [3.8, 4) is 0 Å². The zero-order chi connectivity index (χ0) is 14.4. The van der Waals surface area contributed by atoms with Gasteiger partial charge in [0.1, 0.15) is 0 Å². The summed E-state index contributed by atoms with van der Waals surface area (Å²) in [5, 5.41) is 10.0. The lowest BCUT2D eigenvalue weighted by molar-refractivity contribution is 0.214. The SMILES string of the molecule is Cc1ccc(C)c(/C=C/C(O)CCc2ccccc2)c1. The normalized spacial score (nSPS) is 12.8. The van der Waals surface area contributed by atoms with Gasteiger partial charge in [0.2, 0.25) is 0 Å². The van der Waals surface area contributed by atoms with Gasteiger partial charge in [0.15, 0.2) is 0 Å². The van der Waals surface area contributed by atoms with Crippen LogP contribution >= 0.6 is 0 Å². The predicted molar refractivity (Wildman–Crippen MR) is 85.7 cm³/mol. The third kappa shape index (κ3) is 4.36. The standard InChI is InChI=1S/C19H22O/c1-15-8-9-16(2)18(14-15)11-13-19(20)12-10-17-6-4-3-5-7-17/h3-9,11,13-14,19-20H,10,12H2,1-2H3/b13-11+. The lowest BCUT2D eigenvalue weighted by Crippen LogP contribution is -2.03. The molecule has 1 unspecified atom stereocenters. The highest BCUT2D eigenvalue weighted by Gasteiger charge is 2.01. The van der Waals surface area contributed by atoms with Crippen LogP contribution in [0.25, 0.3) is 6.08 Å². The Balaban J connectivity index is 1.92. The second-order valence-electron chi connectivity index (χ2n) is 5.31. The maximum atomic E-state index is 10.0. The zero-order valence-electron chi connectivity index (χ0n) is 12.2. The van der Waals surface area contributed by atoms with Gasteiger partial charge in [0.25, 0.3) is 0 Å². The first-order chi connectivity index (χ1) is 9.65. The molecular weight excluding hydrogens is 244 g/mol. The van der Waals surface area contributed by atoms with Crippen LogP contribution in [0.3, 0.4) is 0 Å². The number of rotatable bonds is 5. The maximum absolute atomic E-state index is 10.0. The van der Waals surface area contributed by atoms with Crippen molar-refractivity contribution in [3.63, 3.8) is 0 Å². The fourth-order valence-electron chi connectivity index (χ4n) is 2.21. The number of benzene rings is 2. The molecule has 1 atom stereocenters. The van der Waals surface area contributed by atoms with Gasteiger partial charge >= 0.3 is 0 Å². The summed E-state index contributed by atoms with van der Waals surface area (Å²) >= 11 is 0. The topological polar surface area (TPSA) is 20.2 Å². The summed E-state index contributed by atoms with van der Waals surface area (Å²) in [7, 11) is 0. The molecule has 1 N–H and O–H groups in total. The summed E-state index contributed by atoms with van der Waals surface area (Å²) in [4.78, 5) is 0. The summed E-state index contributed by atoms with van der Waals surface area (Å²) in [5.41, 5.74) is 4.94. The first kappa shape index (κ1) is 14.5. The first-order valence-corrected chi connectivity index (χ1v) is 7.12. The van der Waals surface area contributed by atoms with Crippen LogP contribution in [0, 0.1) is 13.8 Å². The molecule has 1 heteroatoms. The van der Waals surface area contributed by atoms with E-state index >= 15 is 0 Å². The van der Waals surface area contributed by atoms with Crippen LogP contribution in [0.15, 0.2) is 54.6 Å². The molecular formula is C19H22O. The van der Waals surface area contributed by atoms with E-state index in [0.717, 1.165) is 12.8 Å². The van der Waals surface area contributed by atoms with Gasteiger partial charge < -0.3 is 5.11 Å². The Morgan fingerprint density at radius 3 is 2.55 bits per heavy atom. The second-order valence-corrected chi connectivity index (χ2v) is 5.31. The van der Waals surface area contributed by atoms with E-state index in [9.17, 15) is 5.11 Å².